The Morgan fingerprint density at radius 3 is 2.47 bits per heavy atom. The van der Waals surface area contributed by atoms with E-state index < -0.39 is 6.10 Å². The van der Waals surface area contributed by atoms with Crippen molar-refractivity contribution in [2.75, 3.05) is 20.3 Å². The van der Waals surface area contributed by atoms with Gasteiger partial charge in [0.15, 0.2) is 0 Å². The Morgan fingerprint density at radius 2 is 1.84 bits per heavy atom. The molecular formula is C15H24NO3+. The molecule has 0 aromatic heterocycles. The minimum atomic E-state index is -0.414. The predicted octanol–water partition coefficient (Wildman–Crippen LogP) is 0.941. The van der Waals surface area contributed by atoms with Crippen molar-refractivity contribution in [1.82, 2.24) is 0 Å². The first kappa shape index (κ1) is 14.2. The number of hydrogen-bond acceptors (Lipinski definition) is 3. The Morgan fingerprint density at radius 1 is 1.21 bits per heavy atom. The molecule has 0 heterocycles. The van der Waals surface area contributed by atoms with Crippen molar-refractivity contribution >= 4 is 0 Å². The van der Waals surface area contributed by atoms with Crippen LogP contribution < -0.4 is 14.8 Å². The average molecular weight is 266 g/mol. The lowest BCUT2D eigenvalue weighted by Crippen LogP contribution is -2.91. The highest BCUT2D eigenvalue weighted by Crippen LogP contribution is 2.17. The summed E-state index contributed by atoms with van der Waals surface area (Å²) in [5.74, 6) is 1.57. The quantitative estimate of drug-likeness (QED) is 0.772. The summed E-state index contributed by atoms with van der Waals surface area (Å²) in [4.78, 5) is 0. The minimum Gasteiger partial charge on any atom is -0.497 e. The van der Waals surface area contributed by atoms with Crippen molar-refractivity contribution in [3.05, 3.63) is 24.3 Å². The SMILES string of the molecule is COc1ccc(OC[C@@H](O)C[NH2+]C2CCCC2)cc1. The molecule has 1 aromatic rings. The Hall–Kier alpha value is -1.26. The molecule has 0 unspecified atom stereocenters. The zero-order valence-electron chi connectivity index (χ0n) is 11.5. The van der Waals surface area contributed by atoms with Crippen molar-refractivity contribution in [3.8, 4) is 11.5 Å². The second-order valence-corrected chi connectivity index (χ2v) is 5.16. The number of hydrogen-bond donors (Lipinski definition) is 2. The Labute approximate surface area is 114 Å². The number of quaternary nitrogens is 1. The summed E-state index contributed by atoms with van der Waals surface area (Å²) in [7, 11) is 1.64. The van der Waals surface area contributed by atoms with Gasteiger partial charge in [0.1, 0.15) is 30.8 Å². The molecule has 0 bridgehead atoms. The molecule has 0 spiro atoms. The average Bonchev–Trinajstić information content (AvgIpc) is 2.96. The Bertz CT molecular complexity index is 360. The third-order valence-corrected chi connectivity index (χ3v) is 3.64. The Balaban J connectivity index is 1.65. The highest BCUT2D eigenvalue weighted by atomic mass is 16.5. The van der Waals surface area contributed by atoms with Crippen molar-refractivity contribution in [2.45, 2.75) is 37.8 Å². The van der Waals surface area contributed by atoms with Gasteiger partial charge in [0.25, 0.3) is 0 Å². The lowest BCUT2D eigenvalue weighted by molar-refractivity contribution is -0.693. The van der Waals surface area contributed by atoms with Gasteiger partial charge in [-0.2, -0.15) is 0 Å². The van der Waals surface area contributed by atoms with Gasteiger partial charge in [0.2, 0.25) is 0 Å². The molecule has 1 aliphatic rings. The number of nitrogens with two attached hydrogens (primary N) is 1. The molecule has 0 radical (unpaired) electrons. The van der Waals surface area contributed by atoms with Gasteiger partial charge in [0, 0.05) is 0 Å². The van der Waals surface area contributed by atoms with Gasteiger partial charge in [-0.25, -0.2) is 0 Å². The molecule has 1 aromatic carbocycles. The summed E-state index contributed by atoms with van der Waals surface area (Å²) >= 11 is 0. The lowest BCUT2D eigenvalue weighted by atomic mass is 10.2. The van der Waals surface area contributed by atoms with Gasteiger partial charge < -0.3 is 19.9 Å². The third kappa shape index (κ3) is 4.73. The molecule has 1 aliphatic carbocycles. The van der Waals surface area contributed by atoms with E-state index in [-0.39, 0.29) is 0 Å². The maximum Gasteiger partial charge on any atom is 0.137 e. The van der Waals surface area contributed by atoms with Gasteiger partial charge >= 0.3 is 0 Å². The summed E-state index contributed by atoms with van der Waals surface area (Å²) in [5, 5.41) is 12.1. The molecule has 4 nitrogen and oxygen atoms in total. The van der Waals surface area contributed by atoms with Crippen molar-refractivity contribution < 1.29 is 19.9 Å². The van der Waals surface area contributed by atoms with E-state index in [1.165, 1.54) is 25.7 Å². The summed E-state index contributed by atoms with van der Waals surface area (Å²) in [6.45, 7) is 1.07. The molecule has 1 fully saturated rings. The monoisotopic (exact) mass is 266 g/mol. The summed E-state index contributed by atoms with van der Waals surface area (Å²) in [6, 6.07) is 8.12. The van der Waals surface area contributed by atoms with Gasteiger partial charge in [0.05, 0.1) is 13.2 Å². The fourth-order valence-corrected chi connectivity index (χ4v) is 2.48. The summed E-state index contributed by atoms with van der Waals surface area (Å²) < 4.78 is 10.6. The lowest BCUT2D eigenvalue weighted by Gasteiger charge is -2.14. The van der Waals surface area contributed by atoms with Crippen LogP contribution in [0, 0.1) is 0 Å². The standard InChI is InChI=1S/C15H23NO3/c1-18-14-6-8-15(9-7-14)19-11-13(17)10-16-12-4-2-3-5-12/h6-9,12-13,16-17H,2-5,10-11H2,1H3/p+1/t13-/m0/s1. The smallest absolute Gasteiger partial charge is 0.137 e. The van der Waals surface area contributed by atoms with Crippen LogP contribution in [0.25, 0.3) is 0 Å². The molecule has 1 atom stereocenters. The molecule has 0 aliphatic heterocycles. The van der Waals surface area contributed by atoms with E-state index in [4.69, 9.17) is 9.47 Å². The molecule has 3 N–H and O–H groups in total. The first-order valence-electron chi connectivity index (χ1n) is 7.06. The van der Waals surface area contributed by atoms with E-state index in [0.717, 1.165) is 18.0 Å². The van der Waals surface area contributed by atoms with E-state index in [9.17, 15) is 5.11 Å². The van der Waals surface area contributed by atoms with E-state index in [2.05, 4.69) is 5.32 Å². The van der Waals surface area contributed by atoms with Crippen LogP contribution in [0.15, 0.2) is 24.3 Å². The van der Waals surface area contributed by atoms with Crippen LogP contribution in [0.3, 0.4) is 0 Å². The fourth-order valence-electron chi connectivity index (χ4n) is 2.48. The van der Waals surface area contributed by atoms with Crippen LogP contribution in [0.2, 0.25) is 0 Å². The van der Waals surface area contributed by atoms with E-state index >= 15 is 0 Å². The van der Waals surface area contributed by atoms with Crippen LogP contribution in [0.1, 0.15) is 25.7 Å². The number of aliphatic hydroxyl groups is 1. The van der Waals surface area contributed by atoms with E-state index in [1.807, 2.05) is 24.3 Å². The predicted molar refractivity (Wildman–Crippen MR) is 73.5 cm³/mol. The highest BCUT2D eigenvalue weighted by Gasteiger charge is 2.19. The van der Waals surface area contributed by atoms with Crippen LogP contribution in [-0.2, 0) is 0 Å². The highest BCUT2D eigenvalue weighted by molar-refractivity contribution is 5.31. The molecule has 19 heavy (non-hydrogen) atoms. The molecule has 0 saturated heterocycles. The first-order chi connectivity index (χ1) is 9.28. The number of benzene rings is 1. The normalized spacial score (nSPS) is 17.4. The van der Waals surface area contributed by atoms with E-state index in [1.54, 1.807) is 7.11 Å². The number of ether oxygens (including phenoxy) is 2. The summed E-state index contributed by atoms with van der Waals surface area (Å²) in [6.07, 6.45) is 4.82. The molecule has 2 rings (SSSR count). The number of rotatable bonds is 7. The molecule has 1 saturated carbocycles. The van der Waals surface area contributed by atoms with Crippen LogP contribution in [0.5, 0.6) is 11.5 Å². The molecular weight excluding hydrogens is 242 g/mol. The van der Waals surface area contributed by atoms with Crippen LogP contribution in [-0.4, -0.2) is 37.5 Å². The van der Waals surface area contributed by atoms with Gasteiger partial charge in [-0.1, -0.05) is 0 Å². The van der Waals surface area contributed by atoms with Crippen LogP contribution in [0.4, 0.5) is 0 Å². The maximum absolute atomic E-state index is 9.89. The molecule has 106 valence electrons. The number of aliphatic hydroxyl groups excluding tert-OH is 1. The van der Waals surface area contributed by atoms with Gasteiger partial charge in [-0.15, -0.1) is 0 Å². The largest absolute Gasteiger partial charge is 0.497 e. The molecule has 4 heteroatoms. The Kier molecular flexibility index (Phi) is 5.48. The number of methoxy groups -OCH3 is 1. The van der Waals surface area contributed by atoms with Gasteiger partial charge in [-0.05, 0) is 49.9 Å². The van der Waals surface area contributed by atoms with Crippen molar-refractivity contribution in [3.63, 3.8) is 0 Å². The minimum absolute atomic E-state index is 0.343. The zero-order chi connectivity index (χ0) is 13.5. The third-order valence-electron chi connectivity index (χ3n) is 3.64. The second-order valence-electron chi connectivity index (χ2n) is 5.16. The zero-order valence-corrected chi connectivity index (χ0v) is 11.5. The second kappa shape index (κ2) is 7.36. The van der Waals surface area contributed by atoms with E-state index in [0.29, 0.717) is 12.6 Å². The topological polar surface area (TPSA) is 55.3 Å². The maximum atomic E-state index is 9.89. The van der Waals surface area contributed by atoms with Crippen LogP contribution >= 0.6 is 0 Å². The fraction of sp³-hybridized carbons (Fsp3) is 0.600. The molecule has 0 amide bonds. The van der Waals surface area contributed by atoms with Crippen molar-refractivity contribution in [2.24, 2.45) is 0 Å². The summed E-state index contributed by atoms with van der Waals surface area (Å²) in [5.41, 5.74) is 0. The van der Waals surface area contributed by atoms with Gasteiger partial charge in [-0.3, -0.25) is 0 Å². The van der Waals surface area contributed by atoms with Crippen molar-refractivity contribution in [1.29, 1.82) is 0 Å². The first-order valence-corrected chi connectivity index (χ1v) is 7.06.